The molecule has 0 saturated carbocycles. The van der Waals surface area contributed by atoms with Crippen LogP contribution in [0.3, 0.4) is 0 Å². The van der Waals surface area contributed by atoms with Gasteiger partial charge in [0.05, 0.1) is 6.04 Å². The van der Waals surface area contributed by atoms with Gasteiger partial charge in [-0.15, -0.1) is 0 Å². The lowest BCUT2D eigenvalue weighted by atomic mass is 10.0. The summed E-state index contributed by atoms with van der Waals surface area (Å²) in [6.07, 6.45) is 1.86. The number of carbonyl (C=O) groups is 2. The van der Waals surface area contributed by atoms with Crippen molar-refractivity contribution in [3.8, 4) is 11.5 Å². The molecule has 0 bridgehead atoms. The normalized spacial score (nSPS) is 18.6. The van der Waals surface area contributed by atoms with Gasteiger partial charge in [0.1, 0.15) is 13.2 Å². The highest BCUT2D eigenvalue weighted by atomic mass is 16.6. The van der Waals surface area contributed by atoms with E-state index in [1.54, 1.807) is 24.3 Å². The van der Waals surface area contributed by atoms with Crippen LogP contribution >= 0.6 is 0 Å². The molecule has 0 aliphatic carbocycles. The highest BCUT2D eigenvalue weighted by Gasteiger charge is 2.31. The van der Waals surface area contributed by atoms with Crippen molar-refractivity contribution < 1.29 is 19.1 Å². The summed E-state index contributed by atoms with van der Waals surface area (Å²) in [5.41, 5.74) is 7.26. The Bertz CT molecular complexity index is 847. The molecule has 26 heavy (non-hydrogen) atoms. The van der Waals surface area contributed by atoms with Crippen LogP contribution in [0.4, 0.5) is 0 Å². The topological polar surface area (TPSA) is 81.9 Å². The van der Waals surface area contributed by atoms with Crippen molar-refractivity contribution in [2.45, 2.75) is 18.9 Å². The van der Waals surface area contributed by atoms with Crippen LogP contribution in [0.15, 0.2) is 42.5 Å². The first-order valence-corrected chi connectivity index (χ1v) is 8.74. The van der Waals surface area contributed by atoms with E-state index in [4.69, 9.17) is 15.2 Å². The number of hydrogen-bond acceptors (Lipinski definition) is 4. The molecule has 2 heterocycles. The second-order valence-corrected chi connectivity index (χ2v) is 6.50. The third-order valence-electron chi connectivity index (χ3n) is 4.88. The molecule has 6 nitrogen and oxygen atoms in total. The Kier molecular flexibility index (Phi) is 4.24. The maximum Gasteiger partial charge on any atom is 0.254 e. The van der Waals surface area contributed by atoms with Gasteiger partial charge < -0.3 is 20.1 Å². The highest BCUT2D eigenvalue weighted by molar-refractivity contribution is 5.97. The Balaban J connectivity index is 1.58. The third-order valence-corrected chi connectivity index (χ3v) is 4.88. The summed E-state index contributed by atoms with van der Waals surface area (Å²) in [6, 6.07) is 12.4. The number of nitrogens with two attached hydrogens (primary N) is 1. The Morgan fingerprint density at radius 1 is 0.962 bits per heavy atom. The van der Waals surface area contributed by atoms with Gasteiger partial charge in [-0.2, -0.15) is 0 Å². The molecule has 2 N–H and O–H groups in total. The first-order chi connectivity index (χ1) is 12.6. The zero-order valence-electron chi connectivity index (χ0n) is 14.3. The molecule has 2 amide bonds. The number of likely N-dealkylation sites (tertiary alicyclic amines) is 1. The maximum atomic E-state index is 13.0. The van der Waals surface area contributed by atoms with Crippen molar-refractivity contribution in [3.63, 3.8) is 0 Å². The number of rotatable bonds is 3. The van der Waals surface area contributed by atoms with E-state index in [1.165, 1.54) is 0 Å². The van der Waals surface area contributed by atoms with Crippen LogP contribution in [0.1, 0.15) is 45.2 Å². The molecule has 6 heteroatoms. The molecule has 0 unspecified atom stereocenters. The fourth-order valence-corrected chi connectivity index (χ4v) is 3.57. The lowest BCUT2D eigenvalue weighted by Crippen LogP contribution is -2.30. The van der Waals surface area contributed by atoms with E-state index in [-0.39, 0.29) is 11.9 Å². The summed E-state index contributed by atoms with van der Waals surface area (Å²) in [7, 11) is 0. The predicted molar refractivity (Wildman–Crippen MR) is 95.4 cm³/mol. The van der Waals surface area contributed by atoms with Crippen molar-refractivity contribution in [3.05, 3.63) is 59.2 Å². The minimum Gasteiger partial charge on any atom is -0.486 e. The van der Waals surface area contributed by atoms with E-state index in [1.807, 2.05) is 23.1 Å². The van der Waals surface area contributed by atoms with Crippen LogP contribution in [0, 0.1) is 0 Å². The molecule has 1 fully saturated rings. The Morgan fingerprint density at radius 3 is 2.38 bits per heavy atom. The van der Waals surface area contributed by atoms with Gasteiger partial charge in [0.25, 0.3) is 5.91 Å². The van der Waals surface area contributed by atoms with Crippen LogP contribution in [-0.2, 0) is 0 Å². The molecule has 2 aromatic rings. The minimum atomic E-state index is -0.501. The van der Waals surface area contributed by atoms with Crippen molar-refractivity contribution in [2.75, 3.05) is 19.8 Å². The standard InChI is InChI=1S/C20H20N2O4/c21-19(23)13-3-5-14(6-4-13)20(24)22-9-1-2-16(22)15-7-8-17-18(12-15)26-11-10-25-17/h3-8,12,16H,1-2,9-11H2,(H2,21,23)/t16-/m1/s1. The number of benzene rings is 2. The maximum absolute atomic E-state index is 13.0. The first kappa shape index (κ1) is 16.4. The Morgan fingerprint density at radius 2 is 1.65 bits per heavy atom. The molecular weight excluding hydrogens is 332 g/mol. The van der Waals surface area contributed by atoms with Gasteiger partial charge in [0.2, 0.25) is 5.91 Å². The second kappa shape index (κ2) is 6.71. The summed E-state index contributed by atoms with van der Waals surface area (Å²) >= 11 is 0. The second-order valence-electron chi connectivity index (χ2n) is 6.50. The van der Waals surface area contributed by atoms with E-state index in [2.05, 4.69) is 0 Å². The summed E-state index contributed by atoms with van der Waals surface area (Å²) in [4.78, 5) is 26.0. The smallest absolute Gasteiger partial charge is 0.254 e. The largest absolute Gasteiger partial charge is 0.486 e. The minimum absolute atomic E-state index is 0.00847. The summed E-state index contributed by atoms with van der Waals surface area (Å²) in [5.74, 6) is 0.939. The van der Waals surface area contributed by atoms with E-state index in [0.29, 0.717) is 30.9 Å². The molecule has 4 rings (SSSR count). The van der Waals surface area contributed by atoms with Gasteiger partial charge >= 0.3 is 0 Å². The molecule has 1 saturated heterocycles. The SMILES string of the molecule is NC(=O)c1ccc(C(=O)N2CCC[C@@H]2c2ccc3c(c2)OCCO3)cc1. The highest BCUT2D eigenvalue weighted by Crippen LogP contribution is 2.38. The average molecular weight is 352 g/mol. The van der Waals surface area contributed by atoms with Gasteiger partial charge in [0, 0.05) is 17.7 Å². The molecule has 134 valence electrons. The summed E-state index contributed by atoms with van der Waals surface area (Å²) in [6.45, 7) is 1.80. The number of ether oxygens (including phenoxy) is 2. The van der Waals surface area contributed by atoms with Crippen LogP contribution < -0.4 is 15.2 Å². The number of fused-ring (bicyclic) bond motifs is 1. The van der Waals surface area contributed by atoms with Gasteiger partial charge in [-0.3, -0.25) is 9.59 Å². The van der Waals surface area contributed by atoms with E-state index in [0.717, 1.165) is 29.9 Å². The van der Waals surface area contributed by atoms with E-state index < -0.39 is 5.91 Å². The quantitative estimate of drug-likeness (QED) is 0.920. The predicted octanol–water partition coefficient (Wildman–Crippen LogP) is 2.53. The monoisotopic (exact) mass is 352 g/mol. The molecule has 1 atom stereocenters. The van der Waals surface area contributed by atoms with Gasteiger partial charge in [0.15, 0.2) is 11.5 Å². The first-order valence-electron chi connectivity index (χ1n) is 8.74. The van der Waals surface area contributed by atoms with Crippen molar-refractivity contribution in [1.82, 2.24) is 4.90 Å². The fourth-order valence-electron chi connectivity index (χ4n) is 3.57. The lowest BCUT2D eigenvalue weighted by molar-refractivity contribution is 0.0734. The number of hydrogen-bond donors (Lipinski definition) is 1. The molecule has 2 aliphatic rings. The zero-order valence-corrected chi connectivity index (χ0v) is 14.3. The van der Waals surface area contributed by atoms with Gasteiger partial charge in [-0.25, -0.2) is 0 Å². The molecule has 2 aromatic carbocycles. The van der Waals surface area contributed by atoms with Crippen LogP contribution in [0.2, 0.25) is 0 Å². The van der Waals surface area contributed by atoms with Gasteiger partial charge in [-0.1, -0.05) is 6.07 Å². The average Bonchev–Trinajstić information content (AvgIpc) is 3.17. The number of carbonyl (C=O) groups excluding carboxylic acids is 2. The molecular formula is C20H20N2O4. The van der Waals surface area contributed by atoms with Crippen LogP contribution in [0.5, 0.6) is 11.5 Å². The summed E-state index contributed by atoms with van der Waals surface area (Å²) < 4.78 is 11.2. The van der Waals surface area contributed by atoms with Crippen LogP contribution in [0.25, 0.3) is 0 Å². The number of nitrogens with zero attached hydrogens (tertiary/aromatic N) is 1. The molecule has 0 radical (unpaired) electrons. The summed E-state index contributed by atoms with van der Waals surface area (Å²) in [5, 5.41) is 0. The lowest BCUT2D eigenvalue weighted by Gasteiger charge is -2.27. The molecule has 2 aliphatic heterocycles. The van der Waals surface area contributed by atoms with Crippen LogP contribution in [-0.4, -0.2) is 36.5 Å². The Labute approximate surface area is 151 Å². The Hall–Kier alpha value is -3.02. The number of amides is 2. The zero-order chi connectivity index (χ0) is 18.1. The van der Waals surface area contributed by atoms with Crippen molar-refractivity contribution in [1.29, 1.82) is 0 Å². The number of primary amides is 1. The van der Waals surface area contributed by atoms with E-state index >= 15 is 0 Å². The molecule has 0 aromatic heterocycles. The van der Waals surface area contributed by atoms with Gasteiger partial charge in [-0.05, 0) is 54.8 Å². The molecule has 0 spiro atoms. The van der Waals surface area contributed by atoms with E-state index in [9.17, 15) is 9.59 Å². The van der Waals surface area contributed by atoms with Crippen molar-refractivity contribution >= 4 is 11.8 Å². The van der Waals surface area contributed by atoms with Crippen molar-refractivity contribution in [2.24, 2.45) is 5.73 Å². The third kappa shape index (κ3) is 2.98. The fraction of sp³-hybridized carbons (Fsp3) is 0.300.